The van der Waals surface area contributed by atoms with Gasteiger partial charge in [0.2, 0.25) is 0 Å². The maximum atomic E-state index is 9.87. The summed E-state index contributed by atoms with van der Waals surface area (Å²) < 4.78 is 16.1. The molecular formula is C19H19NO4. The summed E-state index contributed by atoms with van der Waals surface area (Å²) in [7, 11) is 3.18. The molecule has 0 bridgehead atoms. The fourth-order valence-electron chi connectivity index (χ4n) is 2.64. The van der Waals surface area contributed by atoms with Crippen LogP contribution in [0.15, 0.2) is 47.0 Å². The number of methoxy groups -OCH3 is 2. The highest BCUT2D eigenvalue weighted by Gasteiger charge is 2.19. The Labute approximate surface area is 140 Å². The van der Waals surface area contributed by atoms with E-state index in [2.05, 4.69) is 5.16 Å². The van der Waals surface area contributed by atoms with E-state index in [9.17, 15) is 5.11 Å². The van der Waals surface area contributed by atoms with Crippen LogP contribution in [0.5, 0.6) is 11.5 Å². The molecule has 124 valence electrons. The predicted molar refractivity (Wildman–Crippen MR) is 91.1 cm³/mol. The summed E-state index contributed by atoms with van der Waals surface area (Å²) in [5.41, 5.74) is 3.96. The van der Waals surface area contributed by atoms with Crippen molar-refractivity contribution in [2.24, 2.45) is 0 Å². The van der Waals surface area contributed by atoms with E-state index in [-0.39, 0.29) is 6.61 Å². The van der Waals surface area contributed by atoms with Crippen LogP contribution in [0, 0.1) is 6.92 Å². The van der Waals surface area contributed by atoms with E-state index < -0.39 is 0 Å². The predicted octanol–water partition coefficient (Wildman–Crippen LogP) is 3.83. The highest BCUT2D eigenvalue weighted by molar-refractivity contribution is 5.74. The Morgan fingerprint density at radius 2 is 1.71 bits per heavy atom. The lowest BCUT2D eigenvalue weighted by molar-refractivity contribution is 0.281. The summed E-state index contributed by atoms with van der Waals surface area (Å²) >= 11 is 0. The first kappa shape index (κ1) is 16.1. The molecular weight excluding hydrogens is 306 g/mol. The van der Waals surface area contributed by atoms with Crippen LogP contribution in [-0.4, -0.2) is 24.5 Å². The molecule has 0 aliphatic carbocycles. The Hall–Kier alpha value is -2.79. The zero-order chi connectivity index (χ0) is 17.1. The Morgan fingerprint density at radius 3 is 2.29 bits per heavy atom. The monoisotopic (exact) mass is 325 g/mol. The third-order valence-corrected chi connectivity index (χ3v) is 3.85. The average molecular weight is 325 g/mol. The normalized spacial score (nSPS) is 10.7. The van der Waals surface area contributed by atoms with Gasteiger partial charge in [0, 0.05) is 17.2 Å². The van der Waals surface area contributed by atoms with Gasteiger partial charge >= 0.3 is 0 Å². The molecule has 0 fully saturated rings. The maximum absolute atomic E-state index is 9.87. The molecule has 5 heteroatoms. The molecule has 2 aromatic carbocycles. The van der Waals surface area contributed by atoms with Crippen molar-refractivity contribution in [2.75, 3.05) is 14.2 Å². The zero-order valence-corrected chi connectivity index (χ0v) is 13.9. The van der Waals surface area contributed by atoms with Gasteiger partial charge in [-0.2, -0.15) is 0 Å². The number of aromatic nitrogens is 1. The molecule has 0 radical (unpaired) electrons. The first-order valence-corrected chi connectivity index (χ1v) is 7.56. The third-order valence-electron chi connectivity index (χ3n) is 3.85. The van der Waals surface area contributed by atoms with E-state index in [1.54, 1.807) is 20.3 Å². The SMILES string of the molecule is COc1cc(OC)cc(-c2noc(-c3cccc(C)c3)c2CO)c1. The summed E-state index contributed by atoms with van der Waals surface area (Å²) in [6.45, 7) is 1.83. The molecule has 3 rings (SSSR count). The molecule has 0 amide bonds. The smallest absolute Gasteiger partial charge is 0.173 e. The molecule has 0 aliphatic heterocycles. The highest BCUT2D eigenvalue weighted by atomic mass is 16.5. The number of hydrogen-bond donors (Lipinski definition) is 1. The molecule has 0 aliphatic rings. The van der Waals surface area contributed by atoms with E-state index in [1.165, 1.54) is 0 Å². The van der Waals surface area contributed by atoms with E-state index in [4.69, 9.17) is 14.0 Å². The fourth-order valence-corrected chi connectivity index (χ4v) is 2.64. The first-order valence-electron chi connectivity index (χ1n) is 7.56. The number of aryl methyl sites for hydroxylation is 1. The number of benzene rings is 2. The van der Waals surface area contributed by atoms with Crippen molar-refractivity contribution < 1.29 is 19.1 Å². The van der Waals surface area contributed by atoms with Gasteiger partial charge in [-0.1, -0.05) is 28.9 Å². The van der Waals surface area contributed by atoms with E-state index in [0.29, 0.717) is 28.5 Å². The standard InChI is InChI=1S/C19H19NO4/c1-12-5-4-6-13(7-12)19-17(11-21)18(20-24-19)14-8-15(22-2)10-16(9-14)23-3/h4-10,21H,11H2,1-3H3. The molecule has 1 aromatic heterocycles. The lowest BCUT2D eigenvalue weighted by Gasteiger charge is -2.08. The van der Waals surface area contributed by atoms with E-state index >= 15 is 0 Å². The molecule has 24 heavy (non-hydrogen) atoms. The Kier molecular flexibility index (Phi) is 4.53. The van der Waals surface area contributed by atoms with E-state index in [0.717, 1.165) is 16.7 Å². The van der Waals surface area contributed by atoms with Gasteiger partial charge in [-0.3, -0.25) is 0 Å². The molecule has 0 atom stereocenters. The minimum absolute atomic E-state index is 0.179. The van der Waals surface area contributed by atoms with Crippen LogP contribution in [0.4, 0.5) is 0 Å². The van der Waals surface area contributed by atoms with Crippen LogP contribution < -0.4 is 9.47 Å². The van der Waals surface area contributed by atoms with Crippen molar-refractivity contribution >= 4 is 0 Å². The number of nitrogens with zero attached hydrogens (tertiary/aromatic N) is 1. The van der Waals surface area contributed by atoms with Crippen LogP contribution in [0.2, 0.25) is 0 Å². The molecule has 0 saturated carbocycles. The van der Waals surface area contributed by atoms with Gasteiger partial charge in [0.25, 0.3) is 0 Å². The minimum Gasteiger partial charge on any atom is -0.497 e. The van der Waals surface area contributed by atoms with Crippen LogP contribution in [0.3, 0.4) is 0 Å². The lowest BCUT2D eigenvalue weighted by Crippen LogP contribution is -1.92. The number of ether oxygens (including phenoxy) is 2. The average Bonchev–Trinajstić information content (AvgIpc) is 3.05. The Balaban J connectivity index is 2.13. The summed E-state index contributed by atoms with van der Waals surface area (Å²) in [6.07, 6.45) is 0. The number of rotatable bonds is 5. The van der Waals surface area contributed by atoms with Gasteiger partial charge in [-0.15, -0.1) is 0 Å². The number of aliphatic hydroxyl groups excluding tert-OH is 1. The second-order valence-corrected chi connectivity index (χ2v) is 5.47. The topological polar surface area (TPSA) is 64.7 Å². The van der Waals surface area contributed by atoms with Gasteiger partial charge in [0.05, 0.1) is 26.4 Å². The number of hydrogen-bond acceptors (Lipinski definition) is 5. The Morgan fingerprint density at radius 1 is 1.00 bits per heavy atom. The summed E-state index contributed by atoms with van der Waals surface area (Å²) in [5.74, 6) is 1.86. The van der Waals surface area contributed by atoms with Crippen molar-refractivity contribution in [3.05, 3.63) is 53.6 Å². The van der Waals surface area contributed by atoms with Crippen molar-refractivity contribution in [1.29, 1.82) is 0 Å². The highest BCUT2D eigenvalue weighted by Crippen LogP contribution is 2.36. The van der Waals surface area contributed by atoms with Gasteiger partial charge in [-0.05, 0) is 25.1 Å². The van der Waals surface area contributed by atoms with Gasteiger partial charge < -0.3 is 19.1 Å². The first-order chi connectivity index (χ1) is 11.7. The van der Waals surface area contributed by atoms with Crippen molar-refractivity contribution in [1.82, 2.24) is 5.16 Å². The minimum atomic E-state index is -0.179. The second kappa shape index (κ2) is 6.76. The zero-order valence-electron chi connectivity index (χ0n) is 13.9. The number of aliphatic hydroxyl groups is 1. The van der Waals surface area contributed by atoms with Crippen LogP contribution in [-0.2, 0) is 6.61 Å². The Bertz CT molecular complexity index is 832. The lowest BCUT2D eigenvalue weighted by atomic mass is 10.0. The second-order valence-electron chi connectivity index (χ2n) is 5.47. The van der Waals surface area contributed by atoms with Crippen LogP contribution >= 0.6 is 0 Å². The summed E-state index contributed by atoms with van der Waals surface area (Å²) in [5, 5.41) is 14.0. The van der Waals surface area contributed by atoms with Crippen molar-refractivity contribution in [3.8, 4) is 34.1 Å². The molecule has 0 saturated heterocycles. The molecule has 0 unspecified atom stereocenters. The molecule has 3 aromatic rings. The van der Waals surface area contributed by atoms with Crippen molar-refractivity contribution in [3.63, 3.8) is 0 Å². The quantitative estimate of drug-likeness (QED) is 0.772. The third kappa shape index (κ3) is 2.98. The van der Waals surface area contributed by atoms with Gasteiger partial charge in [0.1, 0.15) is 17.2 Å². The molecule has 0 spiro atoms. The van der Waals surface area contributed by atoms with Crippen LogP contribution in [0.25, 0.3) is 22.6 Å². The summed E-state index contributed by atoms with van der Waals surface area (Å²) in [4.78, 5) is 0. The van der Waals surface area contributed by atoms with Crippen molar-refractivity contribution in [2.45, 2.75) is 13.5 Å². The van der Waals surface area contributed by atoms with Crippen LogP contribution in [0.1, 0.15) is 11.1 Å². The molecule has 1 N–H and O–H groups in total. The van der Waals surface area contributed by atoms with E-state index in [1.807, 2.05) is 43.3 Å². The molecule has 1 heterocycles. The fraction of sp³-hybridized carbons (Fsp3) is 0.211. The maximum Gasteiger partial charge on any atom is 0.173 e. The summed E-state index contributed by atoms with van der Waals surface area (Å²) in [6, 6.07) is 13.3. The van der Waals surface area contributed by atoms with Gasteiger partial charge in [0.15, 0.2) is 5.76 Å². The van der Waals surface area contributed by atoms with Gasteiger partial charge in [-0.25, -0.2) is 0 Å². The molecule has 5 nitrogen and oxygen atoms in total. The largest absolute Gasteiger partial charge is 0.497 e.